The number of nitrogens with zero attached hydrogens (tertiary/aromatic N) is 1. The van der Waals surface area contributed by atoms with Crippen molar-refractivity contribution in [3.63, 3.8) is 0 Å². The lowest BCUT2D eigenvalue weighted by atomic mass is 10.2. The van der Waals surface area contributed by atoms with Crippen molar-refractivity contribution in [3.05, 3.63) is 90.0 Å². The molecule has 0 aliphatic carbocycles. The second-order valence-electron chi connectivity index (χ2n) is 5.98. The molecule has 0 saturated carbocycles. The van der Waals surface area contributed by atoms with Gasteiger partial charge in [-0.3, -0.25) is 10.2 Å². The average Bonchev–Trinajstić information content (AvgIpc) is 2.69. The first-order chi connectivity index (χ1) is 13.2. The van der Waals surface area contributed by atoms with E-state index in [1.54, 1.807) is 6.21 Å². The molecule has 0 heterocycles. The van der Waals surface area contributed by atoms with E-state index in [9.17, 15) is 4.79 Å². The molecule has 1 amide bonds. The summed E-state index contributed by atoms with van der Waals surface area (Å²) in [5.74, 6) is 0.376. The molecule has 0 atom stereocenters. The number of carbonyl (C=O) groups is 1. The zero-order valence-corrected chi connectivity index (χ0v) is 15.1. The van der Waals surface area contributed by atoms with Gasteiger partial charge in [0.05, 0.1) is 11.9 Å². The van der Waals surface area contributed by atoms with Crippen molar-refractivity contribution in [1.29, 1.82) is 0 Å². The molecule has 3 aromatic rings. The monoisotopic (exact) mass is 359 g/mol. The molecule has 3 aromatic carbocycles. The Morgan fingerprint density at radius 3 is 2.41 bits per heavy atom. The van der Waals surface area contributed by atoms with E-state index in [4.69, 9.17) is 4.74 Å². The van der Waals surface area contributed by atoms with Crippen LogP contribution in [0.4, 0.5) is 11.4 Å². The Bertz CT molecular complexity index is 906. The van der Waals surface area contributed by atoms with Crippen molar-refractivity contribution in [3.8, 4) is 5.75 Å². The Morgan fingerprint density at radius 1 is 0.926 bits per heavy atom. The number of hydrogen-bond acceptors (Lipinski definition) is 4. The fourth-order valence-corrected chi connectivity index (χ4v) is 2.38. The second-order valence-corrected chi connectivity index (χ2v) is 5.98. The molecule has 0 bridgehead atoms. The van der Waals surface area contributed by atoms with E-state index in [2.05, 4.69) is 15.8 Å². The largest absolute Gasteiger partial charge is 0.483 e. The zero-order chi connectivity index (χ0) is 18.9. The van der Waals surface area contributed by atoms with Gasteiger partial charge >= 0.3 is 0 Å². The standard InChI is InChI=1S/C22H21N3O2/c1-17-11-13-20(14-12-17)25-23-15-18-7-5-6-10-21(18)27-16-22(26)24-19-8-3-2-4-9-19/h2-15,25H,16H2,1H3,(H,24,26)/b23-15-. The van der Waals surface area contributed by atoms with E-state index in [1.807, 2.05) is 85.8 Å². The number of anilines is 2. The van der Waals surface area contributed by atoms with E-state index < -0.39 is 0 Å². The van der Waals surface area contributed by atoms with Crippen molar-refractivity contribution in [2.45, 2.75) is 6.92 Å². The molecule has 0 fully saturated rings. The van der Waals surface area contributed by atoms with Crippen molar-refractivity contribution in [2.75, 3.05) is 17.3 Å². The SMILES string of the molecule is Cc1ccc(N/N=C\c2ccccc2OCC(=O)Nc2ccccc2)cc1. The molecular weight excluding hydrogens is 338 g/mol. The summed E-state index contributed by atoms with van der Waals surface area (Å²) < 4.78 is 5.66. The van der Waals surface area contributed by atoms with Crippen LogP contribution in [0.25, 0.3) is 0 Å². The number of rotatable bonds is 7. The molecule has 3 rings (SSSR count). The van der Waals surface area contributed by atoms with Crippen LogP contribution in [0.3, 0.4) is 0 Å². The average molecular weight is 359 g/mol. The molecule has 0 unspecified atom stereocenters. The van der Waals surface area contributed by atoms with E-state index in [0.29, 0.717) is 5.75 Å². The van der Waals surface area contributed by atoms with Gasteiger partial charge in [0.2, 0.25) is 0 Å². The fraction of sp³-hybridized carbons (Fsp3) is 0.0909. The summed E-state index contributed by atoms with van der Waals surface area (Å²) in [6.45, 7) is 1.96. The molecule has 2 N–H and O–H groups in total. The van der Waals surface area contributed by atoms with Gasteiger partial charge in [-0.1, -0.05) is 48.0 Å². The highest BCUT2D eigenvalue weighted by atomic mass is 16.5. The van der Waals surface area contributed by atoms with Crippen LogP contribution in [0.2, 0.25) is 0 Å². The molecule has 0 aliphatic heterocycles. The maximum atomic E-state index is 12.0. The lowest BCUT2D eigenvalue weighted by molar-refractivity contribution is -0.118. The Balaban J connectivity index is 1.57. The molecule has 0 aliphatic rings. The molecule has 0 saturated heterocycles. The summed E-state index contributed by atoms with van der Waals surface area (Å²) in [6.07, 6.45) is 1.67. The summed E-state index contributed by atoms with van der Waals surface area (Å²) in [7, 11) is 0. The topological polar surface area (TPSA) is 62.7 Å². The van der Waals surface area contributed by atoms with E-state index in [-0.39, 0.29) is 12.5 Å². The number of hydrogen-bond donors (Lipinski definition) is 2. The van der Waals surface area contributed by atoms with Gasteiger partial charge in [0.15, 0.2) is 6.61 Å². The van der Waals surface area contributed by atoms with Gasteiger partial charge in [-0.15, -0.1) is 0 Å². The van der Waals surface area contributed by atoms with Crippen LogP contribution < -0.4 is 15.5 Å². The van der Waals surface area contributed by atoms with Crippen LogP contribution >= 0.6 is 0 Å². The van der Waals surface area contributed by atoms with Gasteiger partial charge in [0, 0.05) is 11.3 Å². The molecule has 0 spiro atoms. The fourth-order valence-electron chi connectivity index (χ4n) is 2.38. The summed E-state index contributed by atoms with van der Waals surface area (Å²) in [4.78, 5) is 12.0. The third-order valence-electron chi connectivity index (χ3n) is 3.78. The van der Waals surface area contributed by atoms with Gasteiger partial charge in [-0.25, -0.2) is 0 Å². The molecule has 0 radical (unpaired) electrons. The first-order valence-electron chi connectivity index (χ1n) is 8.63. The summed E-state index contributed by atoms with van der Waals surface area (Å²) in [5, 5.41) is 7.03. The van der Waals surface area contributed by atoms with Gasteiger partial charge in [0.25, 0.3) is 5.91 Å². The lowest BCUT2D eigenvalue weighted by Gasteiger charge is -2.09. The highest BCUT2D eigenvalue weighted by Crippen LogP contribution is 2.16. The maximum Gasteiger partial charge on any atom is 0.262 e. The highest BCUT2D eigenvalue weighted by molar-refractivity contribution is 5.92. The van der Waals surface area contributed by atoms with Gasteiger partial charge in [0.1, 0.15) is 5.75 Å². The summed E-state index contributed by atoms with van der Waals surface area (Å²) in [5.41, 5.74) is 6.59. The van der Waals surface area contributed by atoms with Crippen molar-refractivity contribution in [1.82, 2.24) is 0 Å². The third kappa shape index (κ3) is 5.71. The third-order valence-corrected chi connectivity index (χ3v) is 3.78. The summed E-state index contributed by atoms with van der Waals surface area (Å²) in [6, 6.07) is 24.7. The smallest absolute Gasteiger partial charge is 0.262 e. The first-order valence-corrected chi connectivity index (χ1v) is 8.63. The first kappa shape index (κ1) is 18.2. The van der Waals surface area contributed by atoms with Gasteiger partial charge in [-0.2, -0.15) is 5.10 Å². The van der Waals surface area contributed by atoms with Crippen LogP contribution in [0.1, 0.15) is 11.1 Å². The summed E-state index contributed by atoms with van der Waals surface area (Å²) >= 11 is 0. The van der Waals surface area contributed by atoms with Gasteiger partial charge in [-0.05, 0) is 43.3 Å². The minimum Gasteiger partial charge on any atom is -0.483 e. The molecule has 27 heavy (non-hydrogen) atoms. The Morgan fingerprint density at radius 2 is 1.63 bits per heavy atom. The van der Waals surface area contributed by atoms with Crippen molar-refractivity contribution >= 4 is 23.5 Å². The zero-order valence-electron chi connectivity index (χ0n) is 15.1. The quantitative estimate of drug-likeness (QED) is 0.484. The maximum absolute atomic E-state index is 12.0. The van der Waals surface area contributed by atoms with Crippen LogP contribution in [-0.2, 0) is 4.79 Å². The Labute approximate surface area is 158 Å². The van der Waals surface area contributed by atoms with E-state index in [1.165, 1.54) is 5.56 Å². The number of benzene rings is 3. The molecule has 5 nitrogen and oxygen atoms in total. The predicted molar refractivity (Wildman–Crippen MR) is 109 cm³/mol. The number of amides is 1. The number of ether oxygens (including phenoxy) is 1. The predicted octanol–water partition coefficient (Wildman–Crippen LogP) is 4.46. The van der Waals surface area contributed by atoms with E-state index >= 15 is 0 Å². The van der Waals surface area contributed by atoms with E-state index in [0.717, 1.165) is 16.9 Å². The molecule has 136 valence electrons. The Hall–Kier alpha value is -3.60. The molecule has 5 heteroatoms. The van der Waals surface area contributed by atoms with Crippen molar-refractivity contribution < 1.29 is 9.53 Å². The van der Waals surface area contributed by atoms with Crippen LogP contribution in [-0.4, -0.2) is 18.7 Å². The number of aryl methyl sites for hydroxylation is 1. The number of carbonyl (C=O) groups excluding carboxylic acids is 1. The minimum atomic E-state index is -0.217. The minimum absolute atomic E-state index is 0.0782. The number of para-hydroxylation sites is 2. The van der Waals surface area contributed by atoms with Gasteiger partial charge < -0.3 is 10.1 Å². The van der Waals surface area contributed by atoms with Crippen LogP contribution in [0.5, 0.6) is 5.75 Å². The second kappa shape index (κ2) is 9.20. The number of hydrazone groups is 1. The van der Waals surface area contributed by atoms with Crippen molar-refractivity contribution in [2.24, 2.45) is 5.10 Å². The number of nitrogens with one attached hydrogen (secondary N) is 2. The van der Waals surface area contributed by atoms with Crippen LogP contribution in [0, 0.1) is 6.92 Å². The van der Waals surface area contributed by atoms with Crippen LogP contribution in [0.15, 0.2) is 84.0 Å². The Kier molecular flexibility index (Phi) is 6.20. The highest BCUT2D eigenvalue weighted by Gasteiger charge is 2.06. The lowest BCUT2D eigenvalue weighted by Crippen LogP contribution is -2.20. The molecule has 0 aromatic heterocycles. The normalized spacial score (nSPS) is 10.6. The molecular formula is C22H21N3O2.